The van der Waals surface area contributed by atoms with Gasteiger partial charge in [0.25, 0.3) is 0 Å². The van der Waals surface area contributed by atoms with Gasteiger partial charge in [-0.15, -0.1) is 11.3 Å². The van der Waals surface area contributed by atoms with Gasteiger partial charge in [0.1, 0.15) is 4.83 Å². The number of carboxylic acids is 1. The zero-order valence-corrected chi connectivity index (χ0v) is 18.8. The monoisotopic (exact) mass is 417 g/mol. The second-order valence-electron chi connectivity index (χ2n) is 8.32. The number of aromatic nitrogens is 1. The van der Waals surface area contributed by atoms with E-state index in [1.165, 1.54) is 16.0 Å². The van der Waals surface area contributed by atoms with Crippen LogP contribution in [0.3, 0.4) is 0 Å². The molecule has 3 nitrogen and oxygen atoms in total. The number of carbonyl (C=O) groups is 1. The lowest BCUT2D eigenvalue weighted by Gasteiger charge is -2.29. The maximum Gasteiger partial charge on any atom is 0.313 e. The number of aryl methyl sites for hydroxylation is 2. The van der Waals surface area contributed by atoms with Gasteiger partial charge >= 0.3 is 5.97 Å². The lowest BCUT2D eigenvalue weighted by Crippen LogP contribution is -2.34. The summed E-state index contributed by atoms with van der Waals surface area (Å²) in [6, 6.07) is 8.44. The average molecular weight is 418 g/mol. The Morgan fingerprint density at radius 3 is 2.60 bits per heavy atom. The fraction of sp³-hybridized carbons (Fsp3) is 0.308. The highest BCUT2D eigenvalue weighted by molar-refractivity contribution is 7.19. The number of aliphatic carboxylic acids is 1. The lowest BCUT2D eigenvalue weighted by molar-refractivity contribution is -0.143. The van der Waals surface area contributed by atoms with Crippen LogP contribution in [0.2, 0.25) is 0 Å². The molecule has 30 heavy (non-hydrogen) atoms. The molecule has 0 saturated heterocycles. The van der Waals surface area contributed by atoms with E-state index in [0.717, 1.165) is 45.4 Å². The van der Waals surface area contributed by atoms with Gasteiger partial charge in [-0.05, 0) is 61.9 Å². The highest BCUT2D eigenvalue weighted by Gasteiger charge is 2.39. The van der Waals surface area contributed by atoms with Crippen LogP contribution in [0.25, 0.3) is 27.4 Å². The van der Waals surface area contributed by atoms with Crippen molar-refractivity contribution in [3.63, 3.8) is 0 Å². The van der Waals surface area contributed by atoms with E-state index in [4.69, 9.17) is 4.98 Å². The van der Waals surface area contributed by atoms with Gasteiger partial charge < -0.3 is 5.11 Å². The molecule has 0 aliphatic heterocycles. The molecule has 0 bridgehead atoms. The Labute approximate surface area is 181 Å². The number of rotatable bonds is 5. The summed E-state index contributed by atoms with van der Waals surface area (Å²) in [7, 11) is 0. The van der Waals surface area contributed by atoms with Crippen molar-refractivity contribution in [2.75, 3.05) is 0 Å². The highest BCUT2D eigenvalue weighted by Crippen LogP contribution is 2.46. The number of nitrogens with zero attached hydrogens (tertiary/aromatic N) is 1. The molecule has 1 atom stereocenters. The van der Waals surface area contributed by atoms with Crippen LogP contribution in [-0.4, -0.2) is 16.1 Å². The fourth-order valence-corrected chi connectivity index (χ4v) is 5.76. The van der Waals surface area contributed by atoms with Crippen LogP contribution in [0, 0.1) is 13.8 Å². The second-order valence-corrected chi connectivity index (χ2v) is 9.35. The van der Waals surface area contributed by atoms with Crippen LogP contribution in [0.15, 0.2) is 42.5 Å². The van der Waals surface area contributed by atoms with Crippen molar-refractivity contribution in [3.05, 3.63) is 69.8 Å². The number of pyridine rings is 1. The minimum absolute atomic E-state index is 0.571. The standard InChI is InChI=1S/C26H27NO2S/c1-5-15-26(4,25(28)29)23-17(3)27-24-22(19-9-7-6-8-10-20(19)30-24)21(23)18-13-11-16(2)12-14-18/h6-8,10-14H,5,9,15H2,1-4H3,(H,28,29). The lowest BCUT2D eigenvalue weighted by atomic mass is 9.73. The van der Waals surface area contributed by atoms with Gasteiger partial charge in [0.05, 0.1) is 5.41 Å². The first-order chi connectivity index (χ1) is 14.4. The van der Waals surface area contributed by atoms with Crippen LogP contribution in [0.5, 0.6) is 0 Å². The molecule has 4 rings (SSSR count). The largest absolute Gasteiger partial charge is 0.481 e. The van der Waals surface area contributed by atoms with Crippen molar-refractivity contribution in [1.82, 2.24) is 4.98 Å². The van der Waals surface area contributed by atoms with Gasteiger partial charge in [-0.3, -0.25) is 4.79 Å². The minimum Gasteiger partial charge on any atom is -0.481 e. The Hall–Kier alpha value is -2.72. The van der Waals surface area contributed by atoms with Gasteiger partial charge in [0.2, 0.25) is 0 Å². The molecule has 0 amide bonds. The van der Waals surface area contributed by atoms with E-state index in [2.05, 4.69) is 55.5 Å². The third kappa shape index (κ3) is 3.29. The second kappa shape index (κ2) is 7.84. The zero-order valence-electron chi connectivity index (χ0n) is 18.0. The minimum atomic E-state index is -0.995. The molecule has 3 aromatic rings. The van der Waals surface area contributed by atoms with E-state index in [1.807, 2.05) is 20.8 Å². The third-order valence-electron chi connectivity index (χ3n) is 6.08. The number of fused-ring (bicyclic) bond motifs is 3. The summed E-state index contributed by atoms with van der Waals surface area (Å²) in [4.78, 5) is 19.7. The highest BCUT2D eigenvalue weighted by atomic mass is 32.1. The van der Waals surface area contributed by atoms with Crippen molar-refractivity contribution in [2.24, 2.45) is 0 Å². The van der Waals surface area contributed by atoms with Gasteiger partial charge in [-0.25, -0.2) is 4.98 Å². The Morgan fingerprint density at radius 2 is 1.93 bits per heavy atom. The number of benzene rings is 1. The Morgan fingerprint density at radius 1 is 1.20 bits per heavy atom. The smallest absolute Gasteiger partial charge is 0.313 e. The summed E-state index contributed by atoms with van der Waals surface area (Å²) in [6.45, 7) is 7.93. The van der Waals surface area contributed by atoms with E-state index >= 15 is 0 Å². The van der Waals surface area contributed by atoms with Gasteiger partial charge in [-0.2, -0.15) is 0 Å². The van der Waals surface area contributed by atoms with Crippen molar-refractivity contribution in [3.8, 4) is 11.1 Å². The van der Waals surface area contributed by atoms with Crippen molar-refractivity contribution in [1.29, 1.82) is 0 Å². The van der Waals surface area contributed by atoms with Crippen LogP contribution in [0.1, 0.15) is 54.0 Å². The first-order valence-electron chi connectivity index (χ1n) is 10.5. The molecule has 1 aliphatic carbocycles. The summed E-state index contributed by atoms with van der Waals surface area (Å²) in [5, 5.41) is 11.4. The molecule has 1 aromatic carbocycles. The van der Waals surface area contributed by atoms with Crippen LogP contribution < -0.4 is 0 Å². The normalized spacial score (nSPS) is 15.1. The average Bonchev–Trinajstić information content (AvgIpc) is 2.88. The number of allylic oxidation sites excluding steroid dienone is 3. The van der Waals surface area contributed by atoms with Crippen molar-refractivity contribution in [2.45, 2.75) is 52.4 Å². The van der Waals surface area contributed by atoms with Gasteiger partial charge in [-0.1, -0.05) is 61.4 Å². The molecule has 2 heterocycles. The Kier molecular flexibility index (Phi) is 5.37. The molecule has 0 spiro atoms. The summed E-state index contributed by atoms with van der Waals surface area (Å²) in [6.07, 6.45) is 10.6. The van der Waals surface area contributed by atoms with E-state index in [9.17, 15) is 9.90 Å². The summed E-state index contributed by atoms with van der Waals surface area (Å²) < 4.78 is 0. The number of hydrogen-bond acceptors (Lipinski definition) is 3. The number of thiophene rings is 1. The Balaban J connectivity index is 2.17. The molecular formula is C26H27NO2S. The quantitative estimate of drug-likeness (QED) is 0.494. The van der Waals surface area contributed by atoms with Gasteiger partial charge in [0, 0.05) is 16.0 Å². The topological polar surface area (TPSA) is 50.2 Å². The summed E-state index contributed by atoms with van der Waals surface area (Å²) in [5.74, 6) is -0.789. The molecule has 1 aliphatic rings. The molecule has 4 heteroatoms. The molecule has 0 saturated carbocycles. The first kappa shape index (κ1) is 20.5. The van der Waals surface area contributed by atoms with E-state index in [-0.39, 0.29) is 0 Å². The van der Waals surface area contributed by atoms with Crippen LogP contribution in [-0.2, 0) is 16.6 Å². The first-order valence-corrected chi connectivity index (χ1v) is 11.3. The molecule has 0 radical (unpaired) electrons. The predicted molar refractivity (Wildman–Crippen MR) is 126 cm³/mol. The maximum atomic E-state index is 12.6. The molecule has 2 aromatic heterocycles. The van der Waals surface area contributed by atoms with Crippen LogP contribution in [0.4, 0.5) is 0 Å². The van der Waals surface area contributed by atoms with Crippen LogP contribution >= 0.6 is 11.3 Å². The van der Waals surface area contributed by atoms with E-state index < -0.39 is 11.4 Å². The number of carboxylic acid groups (broad SMARTS) is 1. The maximum absolute atomic E-state index is 12.6. The SMILES string of the molecule is CCCC(C)(C(=O)O)c1c(C)nc2sc3c(c2c1-c1ccc(C)cc1)CC=CC=C3. The summed E-state index contributed by atoms with van der Waals surface area (Å²) >= 11 is 1.69. The molecule has 154 valence electrons. The predicted octanol–water partition coefficient (Wildman–Crippen LogP) is 6.85. The molecule has 0 fully saturated rings. The molecular weight excluding hydrogens is 390 g/mol. The van der Waals surface area contributed by atoms with E-state index in [0.29, 0.717) is 6.42 Å². The van der Waals surface area contributed by atoms with Gasteiger partial charge in [0.15, 0.2) is 0 Å². The molecule has 1 N–H and O–H groups in total. The van der Waals surface area contributed by atoms with E-state index in [1.54, 1.807) is 11.3 Å². The third-order valence-corrected chi connectivity index (χ3v) is 7.17. The number of hydrogen-bond donors (Lipinski definition) is 1. The van der Waals surface area contributed by atoms with Crippen molar-refractivity contribution >= 4 is 33.6 Å². The fourth-order valence-electron chi connectivity index (χ4n) is 4.59. The van der Waals surface area contributed by atoms with Crippen molar-refractivity contribution < 1.29 is 9.90 Å². The zero-order chi connectivity index (χ0) is 21.5. The summed E-state index contributed by atoms with van der Waals surface area (Å²) in [5.41, 5.74) is 5.20. The molecule has 1 unspecified atom stereocenters. The Bertz CT molecular complexity index is 1180.